The second kappa shape index (κ2) is 5.96. The van der Waals surface area contributed by atoms with Crippen LogP contribution in [0.4, 0.5) is 5.95 Å². The van der Waals surface area contributed by atoms with E-state index in [9.17, 15) is 9.90 Å². The van der Waals surface area contributed by atoms with E-state index in [4.69, 9.17) is 10.5 Å². The van der Waals surface area contributed by atoms with Crippen molar-refractivity contribution in [2.75, 3.05) is 12.3 Å². The molecule has 6 nitrogen and oxygen atoms in total. The van der Waals surface area contributed by atoms with Gasteiger partial charge < -0.3 is 20.1 Å². The number of carbonyl (C=O) groups is 1. The fraction of sp³-hybridized carbons (Fsp3) is 0.500. The van der Waals surface area contributed by atoms with E-state index in [1.807, 2.05) is 4.57 Å². The second-order valence-corrected chi connectivity index (χ2v) is 5.73. The SMILES string of the molecule is CCOC(=O)c1ccc2nc(N)n([C@H]3CC[C@@H](O)CC3)c2c1. The number of hydrogen-bond acceptors (Lipinski definition) is 5. The summed E-state index contributed by atoms with van der Waals surface area (Å²) in [6.45, 7) is 2.13. The molecule has 0 radical (unpaired) electrons. The van der Waals surface area contributed by atoms with Gasteiger partial charge in [-0.25, -0.2) is 9.78 Å². The number of carbonyl (C=O) groups excluding carboxylic acids is 1. The number of imidazole rings is 1. The zero-order chi connectivity index (χ0) is 15.7. The number of ether oxygens (including phenoxy) is 1. The number of fused-ring (bicyclic) bond motifs is 1. The van der Waals surface area contributed by atoms with Gasteiger partial charge in [-0.2, -0.15) is 0 Å². The highest BCUT2D eigenvalue weighted by molar-refractivity contribution is 5.94. The Bertz CT molecular complexity index is 687. The summed E-state index contributed by atoms with van der Waals surface area (Å²) in [5.41, 5.74) is 8.21. The Morgan fingerprint density at radius 2 is 2.14 bits per heavy atom. The van der Waals surface area contributed by atoms with E-state index >= 15 is 0 Å². The van der Waals surface area contributed by atoms with Gasteiger partial charge in [0.25, 0.3) is 0 Å². The summed E-state index contributed by atoms with van der Waals surface area (Å²) in [5.74, 6) is 0.118. The third-order valence-electron chi connectivity index (χ3n) is 4.26. The molecule has 1 heterocycles. The molecule has 1 aromatic carbocycles. The van der Waals surface area contributed by atoms with Crippen LogP contribution in [0.15, 0.2) is 18.2 Å². The number of rotatable bonds is 3. The molecule has 0 bridgehead atoms. The summed E-state index contributed by atoms with van der Waals surface area (Å²) in [6, 6.07) is 5.51. The molecule has 1 aliphatic carbocycles. The molecule has 1 saturated carbocycles. The lowest BCUT2D eigenvalue weighted by atomic mass is 9.93. The van der Waals surface area contributed by atoms with Gasteiger partial charge in [0, 0.05) is 6.04 Å². The van der Waals surface area contributed by atoms with Crippen molar-refractivity contribution in [3.8, 4) is 0 Å². The lowest BCUT2D eigenvalue weighted by Crippen LogP contribution is -2.22. The lowest BCUT2D eigenvalue weighted by molar-refractivity contribution is 0.0526. The van der Waals surface area contributed by atoms with Crippen LogP contribution >= 0.6 is 0 Å². The first-order valence-electron chi connectivity index (χ1n) is 7.72. The Kier molecular flexibility index (Phi) is 4.02. The van der Waals surface area contributed by atoms with E-state index in [1.54, 1.807) is 25.1 Å². The number of benzene rings is 1. The Balaban J connectivity index is 1.99. The van der Waals surface area contributed by atoms with E-state index in [1.165, 1.54) is 0 Å². The van der Waals surface area contributed by atoms with Crippen LogP contribution in [0.5, 0.6) is 0 Å². The number of anilines is 1. The van der Waals surface area contributed by atoms with Crippen molar-refractivity contribution in [3.63, 3.8) is 0 Å². The zero-order valence-corrected chi connectivity index (χ0v) is 12.7. The minimum Gasteiger partial charge on any atom is -0.462 e. The molecule has 1 aromatic heterocycles. The van der Waals surface area contributed by atoms with Crippen LogP contribution in [0, 0.1) is 0 Å². The van der Waals surface area contributed by atoms with Crippen molar-refractivity contribution >= 4 is 23.0 Å². The number of aromatic nitrogens is 2. The normalized spacial score (nSPS) is 21.9. The number of nitrogens with two attached hydrogens (primary N) is 1. The molecular weight excluding hydrogens is 282 g/mol. The van der Waals surface area contributed by atoms with Gasteiger partial charge in [-0.3, -0.25) is 0 Å². The van der Waals surface area contributed by atoms with E-state index in [0.717, 1.165) is 36.7 Å². The van der Waals surface area contributed by atoms with Crippen LogP contribution in [0.1, 0.15) is 49.0 Å². The fourth-order valence-electron chi connectivity index (χ4n) is 3.15. The molecule has 118 valence electrons. The molecule has 0 aliphatic heterocycles. The van der Waals surface area contributed by atoms with Crippen molar-refractivity contribution in [2.45, 2.75) is 44.8 Å². The van der Waals surface area contributed by atoms with E-state index in [2.05, 4.69) is 4.98 Å². The first kappa shape index (κ1) is 14.8. The molecule has 0 unspecified atom stereocenters. The summed E-state index contributed by atoms with van der Waals surface area (Å²) >= 11 is 0. The highest BCUT2D eigenvalue weighted by Gasteiger charge is 2.24. The molecule has 3 N–H and O–H groups in total. The van der Waals surface area contributed by atoms with Gasteiger partial charge in [-0.05, 0) is 50.8 Å². The van der Waals surface area contributed by atoms with Crippen LogP contribution in [-0.2, 0) is 4.74 Å². The number of aliphatic hydroxyl groups excluding tert-OH is 1. The molecule has 22 heavy (non-hydrogen) atoms. The van der Waals surface area contributed by atoms with Crippen LogP contribution in [0.2, 0.25) is 0 Å². The molecule has 0 atom stereocenters. The highest BCUT2D eigenvalue weighted by Crippen LogP contribution is 2.33. The van der Waals surface area contributed by atoms with Gasteiger partial charge in [0.1, 0.15) is 0 Å². The van der Waals surface area contributed by atoms with Crippen LogP contribution in [0.25, 0.3) is 11.0 Å². The van der Waals surface area contributed by atoms with Gasteiger partial charge >= 0.3 is 5.97 Å². The first-order valence-corrected chi connectivity index (χ1v) is 7.72. The van der Waals surface area contributed by atoms with Crippen molar-refractivity contribution < 1.29 is 14.6 Å². The maximum absolute atomic E-state index is 11.9. The van der Waals surface area contributed by atoms with Crippen molar-refractivity contribution in [1.82, 2.24) is 9.55 Å². The predicted molar refractivity (Wildman–Crippen MR) is 83.6 cm³/mol. The molecular formula is C16H21N3O3. The second-order valence-electron chi connectivity index (χ2n) is 5.73. The van der Waals surface area contributed by atoms with E-state index in [0.29, 0.717) is 18.1 Å². The van der Waals surface area contributed by atoms with E-state index < -0.39 is 0 Å². The minimum atomic E-state index is -0.338. The number of nitrogen functional groups attached to an aromatic ring is 1. The summed E-state index contributed by atoms with van der Waals surface area (Å²) in [7, 11) is 0. The smallest absolute Gasteiger partial charge is 0.338 e. The summed E-state index contributed by atoms with van der Waals surface area (Å²) < 4.78 is 7.04. The van der Waals surface area contributed by atoms with Crippen LogP contribution in [0.3, 0.4) is 0 Å². The highest BCUT2D eigenvalue weighted by atomic mass is 16.5. The monoisotopic (exact) mass is 303 g/mol. The van der Waals surface area contributed by atoms with Crippen molar-refractivity contribution in [2.24, 2.45) is 0 Å². The Labute approximate surface area is 128 Å². The Hall–Kier alpha value is -2.08. The minimum absolute atomic E-state index is 0.214. The Morgan fingerprint density at radius 1 is 1.41 bits per heavy atom. The van der Waals surface area contributed by atoms with Gasteiger partial charge in [0.05, 0.1) is 29.3 Å². The maximum Gasteiger partial charge on any atom is 0.338 e. The first-order chi connectivity index (χ1) is 10.6. The lowest BCUT2D eigenvalue weighted by Gasteiger charge is -2.27. The van der Waals surface area contributed by atoms with Gasteiger partial charge in [0.15, 0.2) is 0 Å². The molecule has 3 rings (SSSR count). The fourth-order valence-corrected chi connectivity index (χ4v) is 3.15. The van der Waals surface area contributed by atoms with Crippen LogP contribution in [-0.4, -0.2) is 33.3 Å². The van der Waals surface area contributed by atoms with Crippen molar-refractivity contribution in [1.29, 1.82) is 0 Å². The summed E-state index contributed by atoms with van der Waals surface area (Å²) in [4.78, 5) is 16.3. The molecule has 2 aromatic rings. The Morgan fingerprint density at radius 3 is 2.82 bits per heavy atom. The van der Waals surface area contributed by atoms with Crippen molar-refractivity contribution in [3.05, 3.63) is 23.8 Å². The third kappa shape index (κ3) is 2.66. The predicted octanol–water partition coefficient (Wildman–Crippen LogP) is 2.27. The van der Waals surface area contributed by atoms with Gasteiger partial charge in [-0.15, -0.1) is 0 Å². The summed E-state index contributed by atoms with van der Waals surface area (Å²) in [6.07, 6.45) is 3.03. The van der Waals surface area contributed by atoms with Crippen LogP contribution < -0.4 is 5.73 Å². The largest absolute Gasteiger partial charge is 0.462 e. The van der Waals surface area contributed by atoms with Gasteiger partial charge in [0.2, 0.25) is 5.95 Å². The molecule has 0 saturated heterocycles. The molecule has 0 spiro atoms. The average Bonchev–Trinajstić information content (AvgIpc) is 2.83. The number of nitrogens with zero attached hydrogens (tertiary/aromatic N) is 2. The number of esters is 1. The molecule has 0 amide bonds. The number of hydrogen-bond donors (Lipinski definition) is 2. The maximum atomic E-state index is 11.9. The zero-order valence-electron chi connectivity index (χ0n) is 12.7. The average molecular weight is 303 g/mol. The topological polar surface area (TPSA) is 90.4 Å². The summed E-state index contributed by atoms with van der Waals surface area (Å²) in [5, 5.41) is 9.67. The number of aliphatic hydroxyl groups is 1. The standard InChI is InChI=1S/C16H21N3O3/c1-2-22-15(21)10-3-8-13-14(9-10)19(16(17)18-13)11-4-6-12(20)7-5-11/h3,8-9,11-12,20H,2,4-7H2,1H3,(H2,17,18)/t11-,12+. The molecule has 1 aliphatic rings. The quantitative estimate of drug-likeness (QED) is 0.849. The third-order valence-corrected chi connectivity index (χ3v) is 4.26. The van der Waals surface area contributed by atoms with Gasteiger partial charge in [-0.1, -0.05) is 0 Å². The van der Waals surface area contributed by atoms with E-state index in [-0.39, 0.29) is 18.1 Å². The molecule has 6 heteroatoms. The molecule has 1 fully saturated rings.